The average Bonchev–Trinajstić information content (AvgIpc) is 2.36. The summed E-state index contributed by atoms with van der Waals surface area (Å²) < 4.78 is 49.4. The summed E-state index contributed by atoms with van der Waals surface area (Å²) in [5.74, 6) is -0.917. The maximum Gasteiger partial charge on any atom is 0.430 e. The van der Waals surface area contributed by atoms with Crippen molar-refractivity contribution >= 4 is 34.6 Å². The van der Waals surface area contributed by atoms with Crippen molar-refractivity contribution < 1.29 is 27.4 Å². The third-order valence-corrected chi connectivity index (χ3v) is 3.29. The Morgan fingerprint density at radius 1 is 1.45 bits per heavy atom. The predicted octanol–water partition coefficient (Wildman–Crippen LogP) is 3.56. The van der Waals surface area contributed by atoms with Crippen molar-refractivity contribution in [1.82, 2.24) is 0 Å². The Labute approximate surface area is 126 Å². The van der Waals surface area contributed by atoms with Crippen LogP contribution >= 0.6 is 22.6 Å². The van der Waals surface area contributed by atoms with Gasteiger partial charge in [0.05, 0.1) is 12.2 Å². The first-order chi connectivity index (χ1) is 9.32. The van der Waals surface area contributed by atoms with Crippen LogP contribution in [0, 0.1) is 3.57 Å². The lowest BCUT2D eigenvalue weighted by Crippen LogP contribution is -2.40. The first-order valence-corrected chi connectivity index (χ1v) is 6.82. The lowest BCUT2D eigenvalue weighted by Gasteiger charge is -2.27. The van der Waals surface area contributed by atoms with Crippen molar-refractivity contribution in [3.63, 3.8) is 0 Å². The first kappa shape index (κ1) is 15.1. The van der Waals surface area contributed by atoms with Crippen molar-refractivity contribution in [2.45, 2.75) is 19.2 Å². The molecular weight excluding hydrogens is 388 g/mol. The zero-order chi connectivity index (χ0) is 14.9. The number of esters is 1. The van der Waals surface area contributed by atoms with E-state index in [1.807, 2.05) is 22.6 Å². The molecule has 1 atom stereocenters. The summed E-state index contributed by atoms with van der Waals surface area (Å²) in [6.07, 6.45) is -5.80. The number of ether oxygens (including phenoxy) is 2. The van der Waals surface area contributed by atoms with E-state index in [0.717, 1.165) is 3.57 Å². The summed E-state index contributed by atoms with van der Waals surface area (Å²) >= 11 is 2.03. The second-order valence-corrected chi connectivity index (χ2v) is 5.29. The molecule has 1 unspecified atom stereocenters. The van der Waals surface area contributed by atoms with Crippen LogP contribution in [-0.4, -0.2) is 24.9 Å². The van der Waals surface area contributed by atoms with Gasteiger partial charge in [0.15, 0.2) is 0 Å². The Hall–Kier alpha value is -1.25. The van der Waals surface area contributed by atoms with E-state index >= 15 is 0 Å². The minimum atomic E-state index is -4.68. The SMILES string of the molecule is CCOC(=O)C1=Cc2cc(I)ccc2OC1C(F)(F)F. The van der Waals surface area contributed by atoms with Gasteiger partial charge in [-0.15, -0.1) is 0 Å². The van der Waals surface area contributed by atoms with Crippen LogP contribution in [0.3, 0.4) is 0 Å². The fourth-order valence-electron chi connectivity index (χ4n) is 1.80. The summed E-state index contributed by atoms with van der Waals surface area (Å²) in [4.78, 5) is 11.7. The van der Waals surface area contributed by atoms with Crippen LogP contribution in [-0.2, 0) is 9.53 Å². The maximum absolute atomic E-state index is 13.0. The quantitative estimate of drug-likeness (QED) is 0.565. The third-order valence-electron chi connectivity index (χ3n) is 2.62. The van der Waals surface area contributed by atoms with Gasteiger partial charge in [-0.25, -0.2) is 4.79 Å². The van der Waals surface area contributed by atoms with Crippen LogP contribution in [0.25, 0.3) is 6.08 Å². The molecule has 1 aliphatic rings. The molecule has 0 radical (unpaired) electrons. The number of alkyl halides is 3. The molecule has 0 aliphatic carbocycles. The standard InChI is InChI=1S/C13H10F3IO3/c1-2-19-12(18)9-6-7-5-8(17)3-4-10(7)20-11(9)13(14,15)16/h3-6,11H,2H2,1H3. The number of benzene rings is 1. The Balaban J connectivity index is 2.48. The summed E-state index contributed by atoms with van der Waals surface area (Å²) in [7, 11) is 0. The van der Waals surface area contributed by atoms with Crippen molar-refractivity contribution in [3.8, 4) is 5.75 Å². The van der Waals surface area contributed by atoms with E-state index in [9.17, 15) is 18.0 Å². The maximum atomic E-state index is 13.0. The summed E-state index contributed by atoms with van der Waals surface area (Å²) in [5.41, 5.74) is -0.102. The Bertz CT molecular complexity index is 566. The van der Waals surface area contributed by atoms with E-state index < -0.39 is 23.8 Å². The molecule has 1 aromatic carbocycles. The number of carbonyl (C=O) groups excluding carboxylic acids is 1. The number of hydrogen-bond acceptors (Lipinski definition) is 3. The van der Waals surface area contributed by atoms with Gasteiger partial charge in [0.2, 0.25) is 6.10 Å². The van der Waals surface area contributed by atoms with Gasteiger partial charge >= 0.3 is 12.1 Å². The van der Waals surface area contributed by atoms with Crippen molar-refractivity contribution in [2.24, 2.45) is 0 Å². The lowest BCUT2D eigenvalue weighted by atomic mass is 10.0. The Kier molecular flexibility index (Phi) is 4.26. The number of carbonyl (C=O) groups is 1. The molecule has 7 heteroatoms. The average molecular weight is 398 g/mol. The first-order valence-electron chi connectivity index (χ1n) is 5.74. The van der Waals surface area contributed by atoms with E-state index in [2.05, 4.69) is 4.74 Å². The molecule has 0 saturated carbocycles. The molecule has 1 aliphatic heterocycles. The largest absolute Gasteiger partial charge is 0.475 e. The van der Waals surface area contributed by atoms with Gasteiger partial charge in [-0.1, -0.05) is 0 Å². The molecule has 0 amide bonds. The molecular formula is C13H10F3IO3. The molecule has 0 spiro atoms. The van der Waals surface area contributed by atoms with Gasteiger partial charge in [-0.3, -0.25) is 0 Å². The van der Waals surface area contributed by atoms with E-state index in [-0.39, 0.29) is 12.4 Å². The normalized spacial score (nSPS) is 17.9. The second kappa shape index (κ2) is 5.63. The molecule has 0 fully saturated rings. The summed E-state index contributed by atoms with van der Waals surface area (Å²) in [5, 5.41) is 0. The van der Waals surface area contributed by atoms with Crippen LogP contribution in [0.1, 0.15) is 12.5 Å². The number of fused-ring (bicyclic) bond motifs is 1. The monoisotopic (exact) mass is 398 g/mol. The molecule has 0 bridgehead atoms. The van der Waals surface area contributed by atoms with Crippen LogP contribution in [0.15, 0.2) is 23.8 Å². The van der Waals surface area contributed by atoms with Gasteiger partial charge in [-0.05, 0) is 53.8 Å². The molecule has 0 N–H and O–H groups in total. The molecule has 3 nitrogen and oxygen atoms in total. The Morgan fingerprint density at radius 3 is 2.75 bits per heavy atom. The predicted molar refractivity (Wildman–Crippen MR) is 74.2 cm³/mol. The highest BCUT2D eigenvalue weighted by Crippen LogP contribution is 2.38. The molecule has 1 heterocycles. The molecule has 20 heavy (non-hydrogen) atoms. The smallest absolute Gasteiger partial charge is 0.430 e. The molecule has 0 saturated heterocycles. The highest BCUT2D eigenvalue weighted by atomic mass is 127. The van der Waals surface area contributed by atoms with E-state index in [4.69, 9.17) is 4.74 Å². The summed E-state index contributed by atoms with van der Waals surface area (Å²) in [6, 6.07) is 4.73. The van der Waals surface area contributed by atoms with Crippen LogP contribution in [0.4, 0.5) is 13.2 Å². The van der Waals surface area contributed by atoms with Crippen molar-refractivity contribution in [3.05, 3.63) is 32.9 Å². The minimum Gasteiger partial charge on any atom is -0.475 e. The zero-order valence-electron chi connectivity index (χ0n) is 10.3. The lowest BCUT2D eigenvalue weighted by molar-refractivity contribution is -0.187. The van der Waals surface area contributed by atoms with E-state index in [1.54, 1.807) is 12.1 Å². The molecule has 2 rings (SSSR count). The highest BCUT2D eigenvalue weighted by molar-refractivity contribution is 14.1. The van der Waals surface area contributed by atoms with E-state index in [1.165, 1.54) is 19.1 Å². The van der Waals surface area contributed by atoms with Gasteiger partial charge in [0, 0.05) is 9.13 Å². The molecule has 0 aromatic heterocycles. The molecule has 108 valence electrons. The minimum absolute atomic E-state index is 0.0000677. The Morgan fingerprint density at radius 2 is 2.15 bits per heavy atom. The second-order valence-electron chi connectivity index (χ2n) is 4.04. The van der Waals surface area contributed by atoms with Crippen LogP contribution in [0.2, 0.25) is 0 Å². The summed E-state index contributed by atoms with van der Waals surface area (Å²) in [6.45, 7) is 1.53. The highest BCUT2D eigenvalue weighted by Gasteiger charge is 2.48. The molecule has 1 aromatic rings. The fourth-order valence-corrected chi connectivity index (χ4v) is 2.31. The van der Waals surface area contributed by atoms with Crippen LogP contribution in [0.5, 0.6) is 5.75 Å². The van der Waals surface area contributed by atoms with Crippen molar-refractivity contribution in [1.29, 1.82) is 0 Å². The van der Waals surface area contributed by atoms with Gasteiger partial charge < -0.3 is 9.47 Å². The van der Waals surface area contributed by atoms with Crippen molar-refractivity contribution in [2.75, 3.05) is 6.61 Å². The number of rotatable bonds is 2. The fraction of sp³-hybridized carbons (Fsp3) is 0.308. The van der Waals surface area contributed by atoms with Gasteiger partial charge in [0.25, 0.3) is 0 Å². The van der Waals surface area contributed by atoms with Gasteiger partial charge in [0.1, 0.15) is 5.75 Å². The number of halogens is 4. The number of hydrogen-bond donors (Lipinski definition) is 0. The van der Waals surface area contributed by atoms with Gasteiger partial charge in [-0.2, -0.15) is 13.2 Å². The topological polar surface area (TPSA) is 35.5 Å². The third kappa shape index (κ3) is 3.08. The zero-order valence-corrected chi connectivity index (χ0v) is 12.5. The van der Waals surface area contributed by atoms with Crippen LogP contribution < -0.4 is 4.74 Å². The van der Waals surface area contributed by atoms with E-state index in [0.29, 0.717) is 5.56 Å².